The molecule has 5 nitrogen and oxygen atoms in total. The zero-order chi connectivity index (χ0) is 28.4. The summed E-state index contributed by atoms with van der Waals surface area (Å²) >= 11 is 0. The second-order valence-electron chi connectivity index (χ2n) is 10.0. The lowest BCUT2D eigenvalue weighted by Gasteiger charge is -2.30. The predicted octanol–water partition coefficient (Wildman–Crippen LogP) is 7.18. The molecule has 0 atom stereocenters. The maximum Gasteiger partial charge on any atom is 0.416 e. The molecule has 2 aromatic carbocycles. The van der Waals surface area contributed by atoms with Gasteiger partial charge in [0, 0.05) is 37.1 Å². The summed E-state index contributed by atoms with van der Waals surface area (Å²) < 4.78 is 80.5. The molecule has 0 unspecified atom stereocenters. The van der Waals surface area contributed by atoms with Crippen LogP contribution in [0, 0.1) is 11.3 Å². The molecule has 0 aliphatic heterocycles. The number of anilines is 1. The zero-order valence-electron chi connectivity index (χ0n) is 21.5. The summed E-state index contributed by atoms with van der Waals surface area (Å²) in [5.41, 5.74) is 4.21. The summed E-state index contributed by atoms with van der Waals surface area (Å²) in [6.07, 6.45) is -5.33. The Balaban J connectivity index is 1.72. The van der Waals surface area contributed by atoms with Gasteiger partial charge in [0.1, 0.15) is 5.82 Å². The van der Waals surface area contributed by atoms with Crippen LogP contribution in [0.5, 0.6) is 0 Å². The van der Waals surface area contributed by atoms with Crippen LogP contribution in [0.25, 0.3) is 10.9 Å². The van der Waals surface area contributed by atoms with E-state index < -0.39 is 36.0 Å². The van der Waals surface area contributed by atoms with Crippen molar-refractivity contribution < 1.29 is 26.3 Å². The standard InChI is InChI=1S/C28H31F6N5/c1-2-38(15-18-7-3-4-8-18)25-21(13-20-9-5-6-10-24(20)37-25)17-39(26(35)36)16-19-11-22(27(29,30)31)14-23(12-19)28(32,33)34/h5-6,9-14,18H,2-4,7-8,15-17H2,1H3,(H3,35,36). The van der Waals surface area contributed by atoms with Gasteiger partial charge in [0.25, 0.3) is 0 Å². The van der Waals surface area contributed by atoms with Crippen molar-refractivity contribution in [2.24, 2.45) is 11.7 Å². The molecule has 1 aliphatic rings. The Hall–Kier alpha value is -3.50. The van der Waals surface area contributed by atoms with Gasteiger partial charge in [-0.3, -0.25) is 5.41 Å². The third-order valence-electron chi connectivity index (χ3n) is 7.14. The van der Waals surface area contributed by atoms with Gasteiger partial charge in [0.2, 0.25) is 0 Å². The quantitative estimate of drug-likeness (QED) is 0.177. The second-order valence-corrected chi connectivity index (χ2v) is 10.0. The Morgan fingerprint density at radius 1 is 0.949 bits per heavy atom. The molecule has 1 aromatic heterocycles. The van der Waals surface area contributed by atoms with Gasteiger partial charge >= 0.3 is 12.4 Å². The molecule has 0 radical (unpaired) electrons. The number of para-hydroxylation sites is 1. The number of halogens is 6. The van der Waals surface area contributed by atoms with Gasteiger partial charge in [0.15, 0.2) is 5.96 Å². The van der Waals surface area contributed by atoms with Gasteiger partial charge in [-0.05, 0) is 61.6 Å². The van der Waals surface area contributed by atoms with Crippen LogP contribution in [-0.2, 0) is 25.4 Å². The number of nitrogens with two attached hydrogens (primary N) is 1. The number of hydrogen-bond acceptors (Lipinski definition) is 3. The van der Waals surface area contributed by atoms with Crippen molar-refractivity contribution in [1.82, 2.24) is 9.88 Å². The molecule has 39 heavy (non-hydrogen) atoms. The van der Waals surface area contributed by atoms with Crippen LogP contribution in [0.3, 0.4) is 0 Å². The summed E-state index contributed by atoms with van der Waals surface area (Å²) in [5.74, 6) is 0.717. The van der Waals surface area contributed by atoms with Crippen LogP contribution < -0.4 is 10.6 Å². The Morgan fingerprint density at radius 3 is 2.13 bits per heavy atom. The largest absolute Gasteiger partial charge is 0.416 e. The topological polar surface area (TPSA) is 69.2 Å². The van der Waals surface area contributed by atoms with E-state index in [-0.39, 0.29) is 18.2 Å². The molecule has 0 amide bonds. The molecule has 1 fully saturated rings. The highest BCUT2D eigenvalue weighted by molar-refractivity contribution is 5.82. The van der Waals surface area contributed by atoms with Crippen LogP contribution in [0.4, 0.5) is 32.2 Å². The lowest BCUT2D eigenvalue weighted by Crippen LogP contribution is -2.37. The summed E-state index contributed by atoms with van der Waals surface area (Å²) in [5, 5.41) is 8.92. The first kappa shape index (κ1) is 28.5. The number of rotatable bonds is 8. The van der Waals surface area contributed by atoms with Crippen molar-refractivity contribution in [2.45, 2.75) is 58.0 Å². The summed E-state index contributed by atoms with van der Waals surface area (Å²) in [6, 6.07) is 10.8. The minimum Gasteiger partial charge on any atom is -0.370 e. The second kappa shape index (κ2) is 11.3. The highest BCUT2D eigenvalue weighted by Gasteiger charge is 2.37. The van der Waals surface area contributed by atoms with Gasteiger partial charge in [-0.1, -0.05) is 31.0 Å². The monoisotopic (exact) mass is 551 g/mol. The van der Waals surface area contributed by atoms with Crippen molar-refractivity contribution >= 4 is 22.7 Å². The minimum atomic E-state index is -4.96. The van der Waals surface area contributed by atoms with E-state index in [2.05, 4.69) is 4.90 Å². The molecular formula is C28H31F6N5. The number of aromatic nitrogens is 1. The van der Waals surface area contributed by atoms with Crippen molar-refractivity contribution in [3.8, 4) is 0 Å². The molecular weight excluding hydrogens is 520 g/mol. The highest BCUT2D eigenvalue weighted by atomic mass is 19.4. The molecule has 0 bridgehead atoms. The number of nitrogens with zero attached hydrogens (tertiary/aromatic N) is 3. The Bertz CT molecular complexity index is 1280. The van der Waals surface area contributed by atoms with Crippen molar-refractivity contribution in [3.63, 3.8) is 0 Å². The Morgan fingerprint density at radius 2 is 1.56 bits per heavy atom. The van der Waals surface area contributed by atoms with E-state index in [0.717, 1.165) is 30.3 Å². The predicted molar refractivity (Wildman–Crippen MR) is 139 cm³/mol. The molecule has 0 saturated heterocycles. The van der Waals surface area contributed by atoms with Crippen molar-refractivity contribution in [1.29, 1.82) is 5.41 Å². The third kappa shape index (κ3) is 6.93. The summed E-state index contributed by atoms with van der Waals surface area (Å²) in [4.78, 5) is 8.30. The van der Waals surface area contributed by atoms with Crippen molar-refractivity contribution in [2.75, 3.05) is 18.0 Å². The maximum atomic E-state index is 13.4. The van der Waals surface area contributed by atoms with Crippen LogP contribution in [0.15, 0.2) is 48.5 Å². The Kier molecular flexibility index (Phi) is 8.27. The number of fused-ring (bicyclic) bond motifs is 1. The van der Waals surface area contributed by atoms with Crippen molar-refractivity contribution in [3.05, 3.63) is 70.8 Å². The fraction of sp³-hybridized carbons (Fsp3) is 0.429. The molecule has 1 heterocycles. The lowest BCUT2D eigenvalue weighted by molar-refractivity contribution is -0.143. The number of nitrogens with one attached hydrogen (secondary N) is 1. The highest BCUT2D eigenvalue weighted by Crippen LogP contribution is 2.37. The van der Waals surface area contributed by atoms with Gasteiger partial charge in [0.05, 0.1) is 16.6 Å². The zero-order valence-corrected chi connectivity index (χ0v) is 21.5. The third-order valence-corrected chi connectivity index (χ3v) is 7.14. The van der Waals surface area contributed by atoms with E-state index in [1.807, 2.05) is 37.3 Å². The van der Waals surface area contributed by atoms with E-state index in [1.54, 1.807) is 0 Å². The van der Waals surface area contributed by atoms with E-state index in [1.165, 1.54) is 17.7 Å². The lowest BCUT2D eigenvalue weighted by atomic mass is 10.0. The van der Waals surface area contributed by atoms with Gasteiger partial charge in [-0.2, -0.15) is 26.3 Å². The van der Waals surface area contributed by atoms with Crippen LogP contribution >= 0.6 is 0 Å². The molecule has 3 aromatic rings. The number of pyridine rings is 1. The molecule has 0 spiro atoms. The minimum absolute atomic E-state index is 0.0126. The number of hydrogen-bond donors (Lipinski definition) is 2. The average Bonchev–Trinajstić information content (AvgIpc) is 3.38. The molecule has 1 saturated carbocycles. The van der Waals surface area contributed by atoms with E-state index >= 15 is 0 Å². The number of benzene rings is 2. The van der Waals surface area contributed by atoms with E-state index in [9.17, 15) is 26.3 Å². The average molecular weight is 552 g/mol. The van der Waals surface area contributed by atoms with Gasteiger partial charge < -0.3 is 15.5 Å². The van der Waals surface area contributed by atoms with Gasteiger partial charge in [-0.15, -0.1) is 0 Å². The molecule has 11 heteroatoms. The molecule has 1 aliphatic carbocycles. The smallest absolute Gasteiger partial charge is 0.370 e. The Labute approximate surface area is 223 Å². The molecule has 210 valence electrons. The van der Waals surface area contributed by atoms with E-state index in [4.69, 9.17) is 16.1 Å². The summed E-state index contributed by atoms with van der Waals surface area (Å²) in [6.45, 7) is 3.04. The van der Waals surface area contributed by atoms with Crippen LogP contribution in [0.2, 0.25) is 0 Å². The number of guanidine groups is 1. The summed E-state index contributed by atoms with van der Waals surface area (Å²) in [7, 11) is 0. The first-order valence-electron chi connectivity index (χ1n) is 12.9. The van der Waals surface area contributed by atoms with Crippen LogP contribution in [-0.4, -0.2) is 28.9 Å². The molecule has 3 N–H and O–H groups in total. The first-order chi connectivity index (χ1) is 18.3. The fourth-order valence-electron chi connectivity index (χ4n) is 5.17. The normalized spacial score (nSPS) is 14.6. The SMILES string of the molecule is CCN(CC1CCCC1)c1nc2ccccc2cc1CN(Cc1cc(C(F)(F)F)cc(C(F)(F)F)c1)C(=N)N. The molecule has 4 rings (SSSR count). The first-order valence-corrected chi connectivity index (χ1v) is 12.9. The number of alkyl halides is 6. The fourth-order valence-corrected chi connectivity index (χ4v) is 5.17. The van der Waals surface area contributed by atoms with Gasteiger partial charge in [-0.25, -0.2) is 4.98 Å². The maximum absolute atomic E-state index is 13.4. The van der Waals surface area contributed by atoms with Crippen LogP contribution in [0.1, 0.15) is 54.9 Å². The van der Waals surface area contributed by atoms with E-state index in [0.29, 0.717) is 36.0 Å².